The quantitative estimate of drug-likeness (QED) is 0.740. The van der Waals surface area contributed by atoms with E-state index in [-0.39, 0.29) is 0 Å². The Morgan fingerprint density at radius 3 is 2.23 bits per heavy atom. The molecule has 0 fully saturated rings. The molecule has 1 aromatic rings. The molecule has 13 heavy (non-hydrogen) atoms. The zero-order valence-electron chi connectivity index (χ0n) is 7.41. The van der Waals surface area contributed by atoms with Crippen molar-refractivity contribution in [3.63, 3.8) is 0 Å². The first-order chi connectivity index (χ1) is 5.93. The van der Waals surface area contributed by atoms with Crippen LogP contribution in [0.15, 0.2) is 22.7 Å². The minimum absolute atomic E-state index is 0.315. The number of hydrogen-bond acceptors (Lipinski definition) is 2. The topological polar surface area (TPSA) is 57.5 Å². The molecule has 3 nitrogen and oxygen atoms in total. The lowest BCUT2D eigenvalue weighted by atomic mass is 10.2. The summed E-state index contributed by atoms with van der Waals surface area (Å²) in [5, 5.41) is 16.3. The minimum Gasteiger partial charge on any atom is -0.508 e. The highest BCUT2D eigenvalue weighted by molar-refractivity contribution is 9.10. The van der Waals surface area contributed by atoms with Gasteiger partial charge in [0, 0.05) is 11.4 Å². The van der Waals surface area contributed by atoms with Gasteiger partial charge in [0.1, 0.15) is 5.75 Å². The van der Waals surface area contributed by atoms with Gasteiger partial charge in [0.05, 0.1) is 0 Å². The average Bonchev–Trinajstić information content (AvgIpc) is 1.96. The van der Waals surface area contributed by atoms with Crippen LogP contribution in [-0.4, -0.2) is 16.2 Å². The van der Waals surface area contributed by atoms with Crippen LogP contribution in [0.4, 0.5) is 0 Å². The molecule has 0 aromatic heterocycles. The third-order valence-corrected chi connectivity index (χ3v) is 2.03. The maximum atomic E-state index is 9.00. The molecule has 0 heterocycles. The number of phenols is 1. The van der Waals surface area contributed by atoms with Crippen LogP contribution in [0.3, 0.4) is 0 Å². The lowest BCUT2D eigenvalue weighted by Crippen LogP contribution is -1.78. The molecule has 72 valence electrons. The molecule has 0 spiro atoms. The number of aromatic hydroxyl groups is 1. The van der Waals surface area contributed by atoms with E-state index in [2.05, 4.69) is 15.9 Å². The second-order valence-electron chi connectivity index (χ2n) is 2.45. The fourth-order valence-electron chi connectivity index (χ4n) is 0.629. The van der Waals surface area contributed by atoms with Crippen LogP contribution in [0.25, 0.3) is 0 Å². The molecule has 1 aromatic carbocycles. The predicted octanol–water partition coefficient (Wildman–Crippen LogP) is 2.55. The Morgan fingerprint density at radius 1 is 1.46 bits per heavy atom. The van der Waals surface area contributed by atoms with Gasteiger partial charge < -0.3 is 10.2 Å². The van der Waals surface area contributed by atoms with Crippen molar-refractivity contribution >= 4 is 21.9 Å². The van der Waals surface area contributed by atoms with E-state index >= 15 is 0 Å². The highest BCUT2D eigenvalue weighted by atomic mass is 79.9. The van der Waals surface area contributed by atoms with Crippen molar-refractivity contribution in [2.75, 3.05) is 0 Å². The third-order valence-electron chi connectivity index (χ3n) is 1.14. The van der Waals surface area contributed by atoms with Crippen molar-refractivity contribution in [1.82, 2.24) is 0 Å². The normalized spacial score (nSPS) is 8.54. The number of carbonyl (C=O) groups is 1. The van der Waals surface area contributed by atoms with Crippen LogP contribution in [0, 0.1) is 6.92 Å². The zero-order valence-corrected chi connectivity index (χ0v) is 9.00. The van der Waals surface area contributed by atoms with Gasteiger partial charge in [-0.1, -0.05) is 15.9 Å². The SMILES string of the molecule is CC(=O)O.Cc1cc(O)ccc1Br. The van der Waals surface area contributed by atoms with Gasteiger partial charge in [-0.15, -0.1) is 0 Å². The number of carboxylic acid groups (broad SMARTS) is 1. The number of rotatable bonds is 0. The Labute approximate surface area is 85.1 Å². The van der Waals surface area contributed by atoms with Crippen molar-refractivity contribution in [1.29, 1.82) is 0 Å². The van der Waals surface area contributed by atoms with Gasteiger partial charge in [0.15, 0.2) is 0 Å². The van der Waals surface area contributed by atoms with Crippen molar-refractivity contribution < 1.29 is 15.0 Å². The second-order valence-corrected chi connectivity index (χ2v) is 3.31. The summed E-state index contributed by atoms with van der Waals surface area (Å²) < 4.78 is 1.03. The van der Waals surface area contributed by atoms with E-state index in [4.69, 9.17) is 15.0 Å². The smallest absolute Gasteiger partial charge is 0.300 e. The summed E-state index contributed by atoms with van der Waals surface area (Å²) in [5.74, 6) is -0.518. The van der Waals surface area contributed by atoms with Crippen LogP contribution in [-0.2, 0) is 4.79 Å². The van der Waals surface area contributed by atoms with E-state index < -0.39 is 5.97 Å². The number of aryl methyl sites for hydroxylation is 1. The summed E-state index contributed by atoms with van der Waals surface area (Å²) in [6.45, 7) is 3.02. The minimum atomic E-state index is -0.833. The van der Waals surface area contributed by atoms with Crippen LogP contribution >= 0.6 is 15.9 Å². The number of carboxylic acids is 1. The van der Waals surface area contributed by atoms with Crippen molar-refractivity contribution in [3.8, 4) is 5.75 Å². The lowest BCUT2D eigenvalue weighted by Gasteiger charge is -1.95. The number of benzene rings is 1. The average molecular weight is 247 g/mol. The molecule has 0 radical (unpaired) electrons. The molecule has 0 bridgehead atoms. The summed E-state index contributed by atoms with van der Waals surface area (Å²) in [7, 11) is 0. The van der Waals surface area contributed by atoms with Gasteiger partial charge in [-0.05, 0) is 30.7 Å². The molecule has 0 aliphatic heterocycles. The highest BCUT2D eigenvalue weighted by Crippen LogP contribution is 2.19. The van der Waals surface area contributed by atoms with Crippen molar-refractivity contribution in [2.24, 2.45) is 0 Å². The number of halogens is 1. The molecular formula is C9H11BrO3. The predicted molar refractivity (Wildman–Crippen MR) is 53.9 cm³/mol. The standard InChI is InChI=1S/C7H7BrO.C2H4O2/c1-5-4-6(9)2-3-7(5)8;1-2(3)4/h2-4,9H,1H3;1H3,(H,3,4). The summed E-state index contributed by atoms with van der Waals surface area (Å²) in [6.07, 6.45) is 0. The summed E-state index contributed by atoms with van der Waals surface area (Å²) in [4.78, 5) is 9.00. The maximum absolute atomic E-state index is 9.00. The molecule has 0 aliphatic rings. The molecule has 0 unspecified atom stereocenters. The van der Waals surface area contributed by atoms with Gasteiger partial charge in [-0.3, -0.25) is 4.79 Å². The van der Waals surface area contributed by atoms with E-state index in [1.165, 1.54) is 0 Å². The third kappa shape index (κ3) is 6.16. The van der Waals surface area contributed by atoms with Gasteiger partial charge in [-0.2, -0.15) is 0 Å². The van der Waals surface area contributed by atoms with E-state index in [0.717, 1.165) is 17.0 Å². The Morgan fingerprint density at radius 2 is 1.92 bits per heavy atom. The van der Waals surface area contributed by atoms with E-state index in [9.17, 15) is 0 Å². The number of phenolic OH excluding ortho intramolecular Hbond substituents is 1. The van der Waals surface area contributed by atoms with Gasteiger partial charge in [0.25, 0.3) is 5.97 Å². The van der Waals surface area contributed by atoms with Gasteiger partial charge >= 0.3 is 0 Å². The Hall–Kier alpha value is -1.03. The zero-order chi connectivity index (χ0) is 10.4. The molecular weight excluding hydrogens is 236 g/mol. The summed E-state index contributed by atoms with van der Waals surface area (Å²) in [6, 6.07) is 5.19. The van der Waals surface area contributed by atoms with Crippen LogP contribution in [0.5, 0.6) is 5.75 Å². The Balaban J connectivity index is 0.000000310. The van der Waals surface area contributed by atoms with Gasteiger partial charge in [-0.25, -0.2) is 0 Å². The second kappa shape index (κ2) is 5.59. The molecule has 0 atom stereocenters. The summed E-state index contributed by atoms with van der Waals surface area (Å²) in [5.41, 5.74) is 1.05. The van der Waals surface area contributed by atoms with E-state index in [1.54, 1.807) is 12.1 Å². The fourth-order valence-corrected chi connectivity index (χ4v) is 0.875. The molecule has 4 heteroatoms. The Bertz CT molecular complexity index is 293. The molecule has 0 aliphatic carbocycles. The van der Waals surface area contributed by atoms with Crippen LogP contribution in [0.2, 0.25) is 0 Å². The lowest BCUT2D eigenvalue weighted by molar-refractivity contribution is -0.134. The van der Waals surface area contributed by atoms with Gasteiger partial charge in [0.2, 0.25) is 0 Å². The first kappa shape index (κ1) is 12.0. The van der Waals surface area contributed by atoms with Crippen molar-refractivity contribution in [3.05, 3.63) is 28.2 Å². The molecule has 2 N–H and O–H groups in total. The highest BCUT2D eigenvalue weighted by Gasteiger charge is 1.92. The van der Waals surface area contributed by atoms with Crippen molar-refractivity contribution in [2.45, 2.75) is 13.8 Å². The first-order valence-corrected chi connectivity index (χ1v) is 4.37. The largest absolute Gasteiger partial charge is 0.508 e. The van der Waals surface area contributed by atoms with E-state index in [0.29, 0.717) is 5.75 Å². The van der Waals surface area contributed by atoms with E-state index in [1.807, 2.05) is 13.0 Å². The molecule has 1 rings (SSSR count). The maximum Gasteiger partial charge on any atom is 0.300 e. The first-order valence-electron chi connectivity index (χ1n) is 3.58. The summed E-state index contributed by atoms with van der Waals surface area (Å²) >= 11 is 3.32. The fraction of sp³-hybridized carbons (Fsp3) is 0.222. The molecule has 0 amide bonds. The monoisotopic (exact) mass is 246 g/mol. The molecule has 0 saturated carbocycles. The van der Waals surface area contributed by atoms with Crippen LogP contribution in [0.1, 0.15) is 12.5 Å². The Kier molecular flexibility index (Phi) is 5.14. The molecule has 0 saturated heterocycles. The number of hydrogen-bond donors (Lipinski definition) is 2. The van der Waals surface area contributed by atoms with Crippen LogP contribution < -0.4 is 0 Å². The number of aliphatic carboxylic acids is 1.